The van der Waals surface area contributed by atoms with Gasteiger partial charge in [-0.15, -0.1) is 0 Å². The van der Waals surface area contributed by atoms with Crippen molar-refractivity contribution in [1.29, 1.82) is 10.5 Å². The van der Waals surface area contributed by atoms with Gasteiger partial charge in [0.15, 0.2) is 0 Å². The molecular formula is C19H14N2S2. The zero-order chi connectivity index (χ0) is 16.4. The summed E-state index contributed by atoms with van der Waals surface area (Å²) in [5.41, 5.74) is 4.20. The van der Waals surface area contributed by atoms with E-state index >= 15 is 0 Å². The molecule has 0 saturated heterocycles. The van der Waals surface area contributed by atoms with Crippen LogP contribution < -0.4 is 0 Å². The van der Waals surface area contributed by atoms with E-state index in [0.717, 1.165) is 23.1 Å². The van der Waals surface area contributed by atoms with Gasteiger partial charge in [0.05, 0.1) is 0 Å². The van der Waals surface area contributed by atoms with Crippen LogP contribution in [0.1, 0.15) is 25.0 Å². The molecule has 0 radical (unpaired) electrons. The zero-order valence-corrected chi connectivity index (χ0v) is 14.5. The van der Waals surface area contributed by atoms with Crippen LogP contribution in [0.4, 0.5) is 0 Å². The summed E-state index contributed by atoms with van der Waals surface area (Å²) < 4.78 is 1.23. The Morgan fingerprint density at radius 2 is 1.70 bits per heavy atom. The van der Waals surface area contributed by atoms with Gasteiger partial charge in [0.25, 0.3) is 0 Å². The molecule has 0 saturated carbocycles. The third-order valence-electron chi connectivity index (χ3n) is 3.89. The SMILES string of the molecule is CC1=C(C)SC(=C/C=C2/Cc3ccccc3C2=C(C#N)C#N)S1. The van der Waals surface area contributed by atoms with E-state index in [2.05, 4.69) is 32.1 Å². The van der Waals surface area contributed by atoms with Gasteiger partial charge in [-0.25, -0.2) is 0 Å². The zero-order valence-electron chi connectivity index (χ0n) is 12.9. The highest BCUT2D eigenvalue weighted by molar-refractivity contribution is 8.28. The van der Waals surface area contributed by atoms with Crippen molar-refractivity contribution in [3.05, 3.63) is 72.7 Å². The standard InChI is InChI=1S/C19H14N2S2/c1-12-13(2)23-18(22-12)8-7-15-9-14-5-3-4-6-17(14)19(15)16(10-20)11-21/h3-8H,9H2,1-2H3/b15-7-. The molecule has 1 aliphatic heterocycles. The Bertz CT molecular complexity index is 855. The molecule has 3 rings (SSSR count). The Labute approximate surface area is 144 Å². The van der Waals surface area contributed by atoms with Crippen molar-refractivity contribution in [2.45, 2.75) is 20.3 Å². The molecule has 4 heteroatoms. The van der Waals surface area contributed by atoms with Crippen molar-refractivity contribution in [1.82, 2.24) is 0 Å². The van der Waals surface area contributed by atoms with E-state index in [4.69, 9.17) is 0 Å². The van der Waals surface area contributed by atoms with Crippen LogP contribution in [0.5, 0.6) is 0 Å². The van der Waals surface area contributed by atoms with E-state index < -0.39 is 0 Å². The lowest BCUT2D eigenvalue weighted by Crippen LogP contribution is -1.87. The minimum atomic E-state index is 0.191. The van der Waals surface area contributed by atoms with E-state index in [-0.39, 0.29) is 5.57 Å². The number of benzene rings is 1. The van der Waals surface area contributed by atoms with E-state index in [9.17, 15) is 10.5 Å². The average Bonchev–Trinajstić information content (AvgIpc) is 3.07. The van der Waals surface area contributed by atoms with Gasteiger partial charge in [0, 0.05) is 9.81 Å². The first kappa shape index (κ1) is 15.7. The van der Waals surface area contributed by atoms with E-state index in [1.54, 1.807) is 23.5 Å². The van der Waals surface area contributed by atoms with Crippen LogP contribution in [0.25, 0.3) is 5.57 Å². The summed E-state index contributed by atoms with van der Waals surface area (Å²) in [6.45, 7) is 4.25. The molecule has 2 aliphatic rings. The molecule has 0 amide bonds. The first-order chi connectivity index (χ1) is 11.1. The summed E-state index contributed by atoms with van der Waals surface area (Å²) in [4.78, 5) is 2.67. The van der Waals surface area contributed by atoms with Crippen LogP contribution in [0, 0.1) is 22.7 Å². The summed E-state index contributed by atoms with van der Waals surface area (Å²) >= 11 is 3.55. The third-order valence-corrected chi connectivity index (χ3v) is 6.41. The first-order valence-electron chi connectivity index (χ1n) is 7.21. The molecule has 0 spiro atoms. The fraction of sp³-hybridized carbons (Fsp3) is 0.158. The highest BCUT2D eigenvalue weighted by Crippen LogP contribution is 2.48. The second kappa shape index (κ2) is 6.54. The largest absolute Gasteiger partial charge is 0.192 e. The number of nitrogens with zero attached hydrogens (tertiary/aromatic N) is 2. The van der Waals surface area contributed by atoms with Crippen LogP contribution in [0.3, 0.4) is 0 Å². The van der Waals surface area contributed by atoms with Gasteiger partial charge in [0.1, 0.15) is 17.7 Å². The molecule has 0 unspecified atom stereocenters. The lowest BCUT2D eigenvalue weighted by Gasteiger charge is -2.02. The minimum Gasteiger partial charge on any atom is -0.192 e. The molecule has 23 heavy (non-hydrogen) atoms. The maximum atomic E-state index is 9.29. The number of fused-ring (bicyclic) bond motifs is 1. The fourth-order valence-corrected chi connectivity index (χ4v) is 4.99. The Kier molecular flexibility index (Phi) is 4.48. The third kappa shape index (κ3) is 3.01. The Balaban J connectivity index is 2.03. The van der Waals surface area contributed by atoms with Gasteiger partial charge in [-0.2, -0.15) is 10.5 Å². The van der Waals surface area contributed by atoms with E-state index in [0.29, 0.717) is 0 Å². The number of rotatable bonds is 1. The highest BCUT2D eigenvalue weighted by atomic mass is 32.2. The summed E-state index contributed by atoms with van der Waals surface area (Å²) in [6, 6.07) is 12.1. The highest BCUT2D eigenvalue weighted by Gasteiger charge is 2.24. The average molecular weight is 334 g/mol. The van der Waals surface area contributed by atoms with Crippen molar-refractivity contribution >= 4 is 29.1 Å². The molecule has 1 heterocycles. The molecule has 0 fully saturated rings. The van der Waals surface area contributed by atoms with Crippen LogP contribution >= 0.6 is 23.5 Å². The second-order valence-corrected chi connectivity index (χ2v) is 8.07. The molecule has 0 N–H and O–H groups in total. The molecule has 0 atom stereocenters. The van der Waals surface area contributed by atoms with Gasteiger partial charge in [-0.05, 0) is 52.9 Å². The lowest BCUT2D eigenvalue weighted by atomic mass is 10.00. The fourth-order valence-electron chi connectivity index (χ4n) is 2.66. The van der Waals surface area contributed by atoms with E-state index in [1.165, 1.54) is 19.6 Å². The molecule has 1 aromatic rings. The van der Waals surface area contributed by atoms with Gasteiger partial charge in [0.2, 0.25) is 0 Å². The summed E-state index contributed by atoms with van der Waals surface area (Å²) in [7, 11) is 0. The van der Waals surface area contributed by atoms with Crippen LogP contribution in [0.2, 0.25) is 0 Å². The molecule has 112 valence electrons. The number of hydrogen-bond acceptors (Lipinski definition) is 4. The normalized spacial score (nSPS) is 18.0. The molecule has 0 aromatic heterocycles. The maximum Gasteiger partial charge on any atom is 0.137 e. The van der Waals surface area contributed by atoms with Crippen LogP contribution in [-0.4, -0.2) is 0 Å². The van der Waals surface area contributed by atoms with Crippen molar-refractivity contribution < 1.29 is 0 Å². The minimum absolute atomic E-state index is 0.191. The lowest BCUT2D eigenvalue weighted by molar-refractivity contribution is 1.27. The number of nitriles is 2. The predicted octanol–water partition coefficient (Wildman–Crippen LogP) is 5.54. The summed E-state index contributed by atoms with van der Waals surface area (Å²) in [5, 5.41) is 18.6. The molecule has 2 nitrogen and oxygen atoms in total. The predicted molar refractivity (Wildman–Crippen MR) is 98.0 cm³/mol. The maximum absolute atomic E-state index is 9.29. The molecule has 1 aromatic carbocycles. The van der Waals surface area contributed by atoms with Gasteiger partial charge in [-0.1, -0.05) is 53.9 Å². The quantitative estimate of drug-likeness (QED) is 0.632. The molecular weight excluding hydrogens is 320 g/mol. The Morgan fingerprint density at radius 1 is 1.04 bits per heavy atom. The van der Waals surface area contributed by atoms with Crippen molar-refractivity contribution in [3.63, 3.8) is 0 Å². The van der Waals surface area contributed by atoms with Gasteiger partial charge < -0.3 is 0 Å². The van der Waals surface area contributed by atoms with Crippen LogP contribution in [-0.2, 0) is 6.42 Å². The van der Waals surface area contributed by atoms with Crippen molar-refractivity contribution in [3.8, 4) is 12.1 Å². The molecule has 0 bridgehead atoms. The van der Waals surface area contributed by atoms with Crippen molar-refractivity contribution in [2.75, 3.05) is 0 Å². The number of allylic oxidation sites excluding steroid dienone is 7. The number of thioether (sulfide) groups is 2. The topological polar surface area (TPSA) is 47.6 Å². The van der Waals surface area contributed by atoms with Gasteiger partial charge in [-0.3, -0.25) is 0 Å². The van der Waals surface area contributed by atoms with Crippen molar-refractivity contribution in [2.24, 2.45) is 0 Å². The smallest absolute Gasteiger partial charge is 0.137 e. The monoisotopic (exact) mass is 334 g/mol. The Morgan fingerprint density at radius 3 is 2.35 bits per heavy atom. The van der Waals surface area contributed by atoms with Crippen LogP contribution in [0.15, 0.2) is 61.6 Å². The van der Waals surface area contributed by atoms with Gasteiger partial charge >= 0.3 is 0 Å². The van der Waals surface area contributed by atoms with E-state index in [1.807, 2.05) is 30.3 Å². The molecule has 1 aliphatic carbocycles. The summed E-state index contributed by atoms with van der Waals surface area (Å²) in [5.74, 6) is 0. The first-order valence-corrected chi connectivity index (χ1v) is 8.84. The second-order valence-electron chi connectivity index (χ2n) is 5.30. The summed E-state index contributed by atoms with van der Waals surface area (Å²) in [6.07, 6.45) is 4.93. The number of hydrogen-bond donors (Lipinski definition) is 0. The Hall–Kier alpha value is -2.14.